The van der Waals surface area contributed by atoms with Crippen LogP contribution in [0.3, 0.4) is 0 Å². The molecule has 1 aliphatic rings. The van der Waals surface area contributed by atoms with Gasteiger partial charge in [-0.25, -0.2) is 9.59 Å². The molecule has 1 fully saturated rings. The topological polar surface area (TPSA) is 87.7 Å². The monoisotopic (exact) mass is 298 g/mol. The van der Waals surface area contributed by atoms with Crippen LogP contribution in [0.25, 0.3) is 0 Å². The quantitative estimate of drug-likeness (QED) is 0.786. The number of carboxylic acid groups (broad SMARTS) is 1. The molecule has 1 aliphatic heterocycles. The van der Waals surface area contributed by atoms with Gasteiger partial charge in [-0.1, -0.05) is 0 Å². The average molecular weight is 298 g/mol. The van der Waals surface area contributed by atoms with Crippen molar-refractivity contribution in [3.8, 4) is 0 Å². The molecule has 0 aromatic carbocycles. The molecule has 0 spiro atoms. The lowest BCUT2D eigenvalue weighted by Gasteiger charge is -2.33. The number of hydrogen-bond acceptors (Lipinski definition) is 4. The highest BCUT2D eigenvalue weighted by Crippen LogP contribution is 2.21. The predicted octanol–water partition coefficient (Wildman–Crippen LogP) is 1.49. The number of hydrogen-bond donors (Lipinski definition) is 3. The standard InChI is InChI=1S/C13H18N2O4S/c1-9-7-20-8-10(9)6-14-12(18)15-13(11(16)17)2-4-19-5-3-13/h7-8H,2-6H2,1H3,(H,16,17)(H2,14,15,18). The van der Waals surface area contributed by atoms with Gasteiger partial charge in [0.05, 0.1) is 0 Å². The van der Waals surface area contributed by atoms with E-state index in [1.807, 2.05) is 17.7 Å². The molecule has 0 radical (unpaired) electrons. The summed E-state index contributed by atoms with van der Waals surface area (Å²) in [6.07, 6.45) is 0.570. The van der Waals surface area contributed by atoms with Crippen molar-refractivity contribution in [2.45, 2.75) is 31.8 Å². The van der Waals surface area contributed by atoms with Gasteiger partial charge in [-0.2, -0.15) is 11.3 Å². The third-order valence-corrected chi connectivity index (χ3v) is 4.42. The molecule has 2 heterocycles. The van der Waals surface area contributed by atoms with Crippen LogP contribution >= 0.6 is 11.3 Å². The van der Waals surface area contributed by atoms with E-state index in [9.17, 15) is 14.7 Å². The number of carboxylic acids is 1. The van der Waals surface area contributed by atoms with Crippen LogP contribution in [0.15, 0.2) is 10.8 Å². The van der Waals surface area contributed by atoms with Crippen LogP contribution in [-0.4, -0.2) is 35.9 Å². The SMILES string of the molecule is Cc1cscc1CNC(=O)NC1(C(=O)O)CCOCC1. The fraction of sp³-hybridized carbons (Fsp3) is 0.538. The van der Waals surface area contributed by atoms with Gasteiger partial charge in [0.2, 0.25) is 0 Å². The number of ether oxygens (including phenoxy) is 1. The van der Waals surface area contributed by atoms with E-state index in [1.54, 1.807) is 11.3 Å². The van der Waals surface area contributed by atoms with Crippen molar-refractivity contribution >= 4 is 23.3 Å². The summed E-state index contributed by atoms with van der Waals surface area (Å²) in [6.45, 7) is 3.06. The van der Waals surface area contributed by atoms with Crippen LogP contribution in [0.2, 0.25) is 0 Å². The molecule has 7 heteroatoms. The first-order valence-electron chi connectivity index (χ1n) is 6.42. The minimum absolute atomic E-state index is 0.285. The van der Waals surface area contributed by atoms with Crippen molar-refractivity contribution in [2.24, 2.45) is 0 Å². The Morgan fingerprint density at radius 1 is 1.40 bits per heavy atom. The summed E-state index contributed by atoms with van der Waals surface area (Å²) < 4.78 is 5.16. The maximum Gasteiger partial charge on any atom is 0.329 e. The van der Waals surface area contributed by atoms with Gasteiger partial charge in [0, 0.05) is 32.6 Å². The van der Waals surface area contributed by atoms with Gasteiger partial charge < -0.3 is 20.5 Å². The molecule has 0 aliphatic carbocycles. The van der Waals surface area contributed by atoms with Gasteiger partial charge in [0.1, 0.15) is 5.54 Å². The minimum Gasteiger partial charge on any atom is -0.480 e. The zero-order chi connectivity index (χ0) is 14.6. The Kier molecular flexibility index (Phi) is 4.61. The van der Waals surface area contributed by atoms with Crippen LogP contribution in [0.1, 0.15) is 24.0 Å². The first-order valence-corrected chi connectivity index (χ1v) is 7.36. The van der Waals surface area contributed by atoms with Crippen molar-refractivity contribution in [3.05, 3.63) is 21.9 Å². The molecule has 2 rings (SSSR count). The van der Waals surface area contributed by atoms with E-state index < -0.39 is 17.5 Å². The molecule has 20 heavy (non-hydrogen) atoms. The van der Waals surface area contributed by atoms with Crippen molar-refractivity contribution < 1.29 is 19.4 Å². The largest absolute Gasteiger partial charge is 0.480 e. The summed E-state index contributed by atoms with van der Waals surface area (Å²) in [6, 6.07) is -0.458. The number of nitrogens with one attached hydrogen (secondary N) is 2. The van der Waals surface area contributed by atoms with Crippen LogP contribution < -0.4 is 10.6 Å². The summed E-state index contributed by atoms with van der Waals surface area (Å²) in [5.41, 5.74) is 0.947. The Hall–Kier alpha value is -1.60. The van der Waals surface area contributed by atoms with Crippen molar-refractivity contribution in [1.82, 2.24) is 10.6 Å². The fourth-order valence-electron chi connectivity index (χ4n) is 2.12. The average Bonchev–Trinajstić information content (AvgIpc) is 2.83. The van der Waals surface area contributed by atoms with E-state index in [4.69, 9.17) is 4.74 Å². The molecule has 2 amide bonds. The third-order valence-electron chi connectivity index (χ3n) is 3.51. The molecule has 1 aromatic rings. The third kappa shape index (κ3) is 3.29. The van der Waals surface area contributed by atoms with Crippen LogP contribution in [-0.2, 0) is 16.1 Å². The van der Waals surface area contributed by atoms with E-state index >= 15 is 0 Å². The number of carbonyl (C=O) groups excluding carboxylic acids is 1. The first-order chi connectivity index (χ1) is 9.53. The Morgan fingerprint density at radius 2 is 2.10 bits per heavy atom. The van der Waals surface area contributed by atoms with E-state index in [2.05, 4.69) is 10.6 Å². The molecule has 3 N–H and O–H groups in total. The lowest BCUT2D eigenvalue weighted by atomic mass is 9.90. The number of carbonyl (C=O) groups is 2. The number of aliphatic carboxylic acids is 1. The lowest BCUT2D eigenvalue weighted by Crippen LogP contribution is -2.59. The summed E-state index contributed by atoms with van der Waals surface area (Å²) >= 11 is 1.58. The molecule has 6 nitrogen and oxygen atoms in total. The van der Waals surface area contributed by atoms with E-state index in [-0.39, 0.29) is 12.8 Å². The van der Waals surface area contributed by atoms with E-state index in [0.717, 1.165) is 11.1 Å². The zero-order valence-corrected chi connectivity index (χ0v) is 12.1. The van der Waals surface area contributed by atoms with Crippen molar-refractivity contribution in [2.75, 3.05) is 13.2 Å². The molecule has 0 saturated carbocycles. The van der Waals surface area contributed by atoms with Crippen molar-refractivity contribution in [3.63, 3.8) is 0 Å². The Bertz CT molecular complexity index is 494. The lowest BCUT2D eigenvalue weighted by molar-refractivity contribution is -0.148. The van der Waals surface area contributed by atoms with Gasteiger partial charge in [0.15, 0.2) is 0 Å². The summed E-state index contributed by atoms with van der Waals surface area (Å²) in [5, 5.41) is 18.6. The van der Waals surface area contributed by atoms with Crippen molar-refractivity contribution in [1.29, 1.82) is 0 Å². The number of urea groups is 1. The second-order valence-corrected chi connectivity index (χ2v) is 5.63. The molecule has 0 unspecified atom stereocenters. The fourth-order valence-corrected chi connectivity index (χ4v) is 2.97. The second kappa shape index (κ2) is 6.23. The molecule has 110 valence electrons. The molecular weight excluding hydrogens is 280 g/mol. The summed E-state index contributed by atoms with van der Waals surface area (Å²) in [4.78, 5) is 23.3. The van der Waals surface area contributed by atoms with E-state index in [1.165, 1.54) is 0 Å². The number of thiophene rings is 1. The summed E-state index contributed by atoms with van der Waals surface area (Å²) in [5.74, 6) is -1.01. The van der Waals surface area contributed by atoms with Gasteiger partial charge in [-0.3, -0.25) is 0 Å². The first kappa shape index (κ1) is 14.8. The second-order valence-electron chi connectivity index (χ2n) is 4.89. The van der Waals surface area contributed by atoms with Crippen LogP contribution in [0.5, 0.6) is 0 Å². The Balaban J connectivity index is 1.92. The van der Waals surface area contributed by atoms with Gasteiger partial charge >= 0.3 is 12.0 Å². The Morgan fingerprint density at radius 3 is 2.65 bits per heavy atom. The number of aryl methyl sites for hydroxylation is 1. The van der Waals surface area contributed by atoms with Crippen LogP contribution in [0, 0.1) is 6.92 Å². The molecular formula is C13H18N2O4S. The summed E-state index contributed by atoms with van der Waals surface area (Å²) in [7, 11) is 0. The molecule has 0 atom stereocenters. The normalized spacial score (nSPS) is 17.4. The van der Waals surface area contributed by atoms with Gasteiger partial charge in [0.25, 0.3) is 0 Å². The minimum atomic E-state index is -1.22. The highest BCUT2D eigenvalue weighted by atomic mass is 32.1. The van der Waals surface area contributed by atoms with E-state index in [0.29, 0.717) is 19.8 Å². The number of rotatable bonds is 4. The maximum atomic E-state index is 11.9. The predicted molar refractivity (Wildman–Crippen MR) is 74.8 cm³/mol. The smallest absolute Gasteiger partial charge is 0.329 e. The molecule has 1 aromatic heterocycles. The Labute approximate surface area is 121 Å². The van der Waals surface area contributed by atoms with Crippen LogP contribution in [0.4, 0.5) is 4.79 Å². The molecule has 0 bridgehead atoms. The highest BCUT2D eigenvalue weighted by Gasteiger charge is 2.41. The molecule has 1 saturated heterocycles. The maximum absolute atomic E-state index is 11.9. The van der Waals surface area contributed by atoms with Gasteiger partial charge in [-0.15, -0.1) is 0 Å². The zero-order valence-electron chi connectivity index (χ0n) is 11.3. The highest BCUT2D eigenvalue weighted by molar-refractivity contribution is 7.08. The van der Waals surface area contributed by atoms with Gasteiger partial charge in [-0.05, 0) is 28.8 Å². The number of amides is 2.